The lowest BCUT2D eigenvalue weighted by molar-refractivity contribution is 0.306. The Morgan fingerprint density at radius 1 is 1.14 bits per heavy atom. The number of anilines is 2. The van der Waals surface area contributed by atoms with Crippen molar-refractivity contribution in [2.75, 3.05) is 25.0 Å². The van der Waals surface area contributed by atoms with Gasteiger partial charge in [-0.3, -0.25) is 0 Å². The molecule has 1 aromatic heterocycles. The third-order valence-corrected chi connectivity index (χ3v) is 5.86. The van der Waals surface area contributed by atoms with Crippen LogP contribution in [0.3, 0.4) is 0 Å². The molecule has 0 amide bonds. The first-order valence-electron chi connectivity index (χ1n) is 11.2. The SMILES string of the molecule is CCN1CCO/C1=N\c1ccc2ncnc(Nc3ccc(OCc4cccc(F)c4)c(Cl)c3)c2c1. The Morgan fingerprint density at radius 2 is 2.06 bits per heavy atom. The Labute approximate surface area is 207 Å². The zero-order chi connectivity index (χ0) is 24.2. The van der Waals surface area contributed by atoms with Crippen LogP contribution in [-0.2, 0) is 11.3 Å². The van der Waals surface area contributed by atoms with E-state index in [2.05, 4.69) is 32.1 Å². The summed E-state index contributed by atoms with van der Waals surface area (Å²) in [4.78, 5) is 15.5. The highest BCUT2D eigenvalue weighted by Crippen LogP contribution is 2.32. The number of hydrogen-bond donors (Lipinski definition) is 1. The van der Waals surface area contributed by atoms with Gasteiger partial charge in [0.05, 0.1) is 22.8 Å². The Balaban J connectivity index is 1.36. The fraction of sp³-hybridized carbons (Fsp3) is 0.192. The molecule has 5 rings (SSSR count). The summed E-state index contributed by atoms with van der Waals surface area (Å²) in [6.45, 7) is 4.60. The van der Waals surface area contributed by atoms with Crippen LogP contribution in [0.1, 0.15) is 12.5 Å². The van der Waals surface area contributed by atoms with Gasteiger partial charge in [0, 0.05) is 17.6 Å². The number of fused-ring (bicyclic) bond motifs is 1. The van der Waals surface area contributed by atoms with Gasteiger partial charge in [-0.25, -0.2) is 14.4 Å². The number of rotatable bonds is 7. The van der Waals surface area contributed by atoms with E-state index in [-0.39, 0.29) is 12.4 Å². The molecule has 7 nitrogen and oxygen atoms in total. The molecule has 2 heterocycles. The second-order valence-corrected chi connectivity index (χ2v) is 8.34. The molecule has 0 spiro atoms. The van der Waals surface area contributed by atoms with Crippen molar-refractivity contribution >= 4 is 45.7 Å². The molecule has 0 aliphatic carbocycles. The zero-order valence-corrected chi connectivity index (χ0v) is 19.8. The van der Waals surface area contributed by atoms with Gasteiger partial charge in [-0.05, 0) is 61.0 Å². The van der Waals surface area contributed by atoms with Crippen molar-refractivity contribution in [1.29, 1.82) is 0 Å². The lowest BCUT2D eigenvalue weighted by Crippen LogP contribution is -2.24. The standard InChI is InChI=1S/C26H23ClFN5O2/c1-2-33-10-11-34-26(33)32-19-6-8-23-21(13-19)25(30-16-29-23)31-20-7-9-24(22(27)14-20)35-15-17-4-3-5-18(28)12-17/h3-9,12-14,16H,2,10-11,15H2,1H3,(H,29,30,31)/b32-26-. The van der Waals surface area contributed by atoms with Crippen LogP contribution in [-0.4, -0.2) is 40.6 Å². The molecule has 1 aliphatic heterocycles. The molecular formula is C26H23ClFN5O2. The Bertz CT molecular complexity index is 1400. The summed E-state index contributed by atoms with van der Waals surface area (Å²) in [7, 11) is 0. The number of likely N-dealkylation sites (N-methyl/N-ethyl adjacent to an activating group) is 1. The summed E-state index contributed by atoms with van der Waals surface area (Å²) in [5, 5.41) is 4.55. The zero-order valence-electron chi connectivity index (χ0n) is 19.0. The van der Waals surface area contributed by atoms with Gasteiger partial charge >= 0.3 is 0 Å². The Morgan fingerprint density at radius 3 is 2.89 bits per heavy atom. The van der Waals surface area contributed by atoms with Crippen LogP contribution in [0.25, 0.3) is 10.9 Å². The highest BCUT2D eigenvalue weighted by Gasteiger charge is 2.18. The molecule has 1 saturated heterocycles. The van der Waals surface area contributed by atoms with E-state index in [0.717, 1.165) is 40.9 Å². The first-order valence-corrected chi connectivity index (χ1v) is 11.6. The molecular weight excluding hydrogens is 469 g/mol. The van der Waals surface area contributed by atoms with Crippen molar-refractivity contribution < 1.29 is 13.9 Å². The lowest BCUT2D eigenvalue weighted by Gasteiger charge is -2.13. The Kier molecular flexibility index (Phi) is 6.63. The maximum absolute atomic E-state index is 13.4. The lowest BCUT2D eigenvalue weighted by atomic mass is 10.2. The number of halogens is 2. The molecule has 0 radical (unpaired) electrons. The van der Waals surface area contributed by atoms with Crippen molar-refractivity contribution in [3.05, 3.63) is 83.4 Å². The van der Waals surface area contributed by atoms with Crippen LogP contribution < -0.4 is 10.1 Å². The van der Waals surface area contributed by atoms with E-state index in [4.69, 9.17) is 21.1 Å². The van der Waals surface area contributed by atoms with Crippen LogP contribution in [0.5, 0.6) is 5.75 Å². The van der Waals surface area contributed by atoms with Gasteiger partial charge in [0.2, 0.25) is 0 Å². The molecule has 1 N–H and O–H groups in total. The predicted molar refractivity (Wildman–Crippen MR) is 135 cm³/mol. The van der Waals surface area contributed by atoms with E-state index in [9.17, 15) is 4.39 Å². The van der Waals surface area contributed by atoms with Gasteiger partial charge in [0.1, 0.15) is 36.9 Å². The molecule has 1 aliphatic rings. The van der Waals surface area contributed by atoms with E-state index < -0.39 is 0 Å². The number of nitrogens with one attached hydrogen (secondary N) is 1. The molecule has 0 bridgehead atoms. The van der Waals surface area contributed by atoms with Crippen LogP contribution in [0.2, 0.25) is 5.02 Å². The van der Waals surface area contributed by atoms with Gasteiger partial charge in [-0.15, -0.1) is 0 Å². The van der Waals surface area contributed by atoms with Crippen molar-refractivity contribution in [2.24, 2.45) is 4.99 Å². The average molecular weight is 492 g/mol. The minimum atomic E-state index is -0.304. The quantitative estimate of drug-likeness (QED) is 0.337. The van der Waals surface area contributed by atoms with Crippen LogP contribution in [0.15, 0.2) is 72.0 Å². The summed E-state index contributed by atoms with van der Waals surface area (Å²) in [6, 6.07) is 18.0. The average Bonchev–Trinajstić information content (AvgIpc) is 3.31. The van der Waals surface area contributed by atoms with E-state index in [1.165, 1.54) is 18.5 Å². The molecule has 0 unspecified atom stereocenters. The number of ether oxygens (including phenoxy) is 2. The van der Waals surface area contributed by atoms with Gasteiger partial charge < -0.3 is 19.7 Å². The monoisotopic (exact) mass is 491 g/mol. The summed E-state index contributed by atoms with van der Waals surface area (Å²) < 4.78 is 24.8. The number of benzene rings is 3. The van der Waals surface area contributed by atoms with Gasteiger partial charge in [0.25, 0.3) is 6.02 Å². The van der Waals surface area contributed by atoms with E-state index in [0.29, 0.717) is 29.2 Å². The maximum Gasteiger partial charge on any atom is 0.292 e. The van der Waals surface area contributed by atoms with E-state index in [1.807, 2.05) is 24.3 Å². The van der Waals surface area contributed by atoms with Crippen molar-refractivity contribution in [2.45, 2.75) is 13.5 Å². The molecule has 178 valence electrons. The molecule has 3 aromatic carbocycles. The van der Waals surface area contributed by atoms with Gasteiger partial charge in [-0.1, -0.05) is 23.7 Å². The van der Waals surface area contributed by atoms with Gasteiger partial charge in [0.15, 0.2) is 0 Å². The van der Waals surface area contributed by atoms with Gasteiger partial charge in [-0.2, -0.15) is 4.99 Å². The Hall–Kier alpha value is -3.91. The molecule has 9 heteroatoms. The minimum absolute atomic E-state index is 0.214. The second-order valence-electron chi connectivity index (χ2n) is 7.94. The molecule has 0 saturated carbocycles. The van der Waals surface area contributed by atoms with Crippen LogP contribution in [0, 0.1) is 5.82 Å². The minimum Gasteiger partial charge on any atom is -0.487 e. The summed E-state index contributed by atoms with van der Waals surface area (Å²) in [6.07, 6.45) is 1.51. The topological polar surface area (TPSA) is 71.9 Å². The fourth-order valence-electron chi connectivity index (χ4n) is 3.77. The summed E-state index contributed by atoms with van der Waals surface area (Å²) >= 11 is 6.45. The maximum atomic E-state index is 13.4. The smallest absolute Gasteiger partial charge is 0.292 e. The highest BCUT2D eigenvalue weighted by molar-refractivity contribution is 6.32. The number of aromatic nitrogens is 2. The van der Waals surface area contributed by atoms with Crippen LogP contribution in [0.4, 0.5) is 21.6 Å². The third kappa shape index (κ3) is 5.27. The van der Waals surface area contributed by atoms with Crippen LogP contribution >= 0.6 is 11.6 Å². The largest absolute Gasteiger partial charge is 0.487 e. The molecule has 35 heavy (non-hydrogen) atoms. The third-order valence-electron chi connectivity index (χ3n) is 5.57. The fourth-order valence-corrected chi connectivity index (χ4v) is 4.01. The van der Waals surface area contributed by atoms with Crippen molar-refractivity contribution in [1.82, 2.24) is 14.9 Å². The van der Waals surface area contributed by atoms with E-state index in [1.54, 1.807) is 24.3 Å². The number of aliphatic imine (C=N–C) groups is 1. The number of amidine groups is 1. The first kappa shape index (κ1) is 22.9. The highest BCUT2D eigenvalue weighted by atomic mass is 35.5. The van der Waals surface area contributed by atoms with E-state index >= 15 is 0 Å². The van der Waals surface area contributed by atoms with Crippen molar-refractivity contribution in [3.8, 4) is 5.75 Å². The molecule has 0 atom stereocenters. The molecule has 1 fully saturated rings. The summed E-state index contributed by atoms with van der Waals surface area (Å²) in [5.41, 5.74) is 3.00. The van der Waals surface area contributed by atoms with Crippen molar-refractivity contribution in [3.63, 3.8) is 0 Å². The molecule has 4 aromatic rings. The predicted octanol–water partition coefficient (Wildman–Crippen LogP) is 6.08. The normalized spacial score (nSPS) is 14.4. The number of nitrogens with zero attached hydrogens (tertiary/aromatic N) is 4. The first-order chi connectivity index (χ1) is 17.1. The number of hydrogen-bond acceptors (Lipinski definition) is 6. The summed E-state index contributed by atoms with van der Waals surface area (Å²) in [5.74, 6) is 0.826. The second kappa shape index (κ2) is 10.1.